The molecule has 1 saturated heterocycles. The van der Waals surface area contributed by atoms with Crippen LogP contribution in [0, 0.1) is 0 Å². The lowest BCUT2D eigenvalue weighted by Gasteiger charge is -2.21. The molecule has 3 rings (SSSR count). The summed E-state index contributed by atoms with van der Waals surface area (Å²) in [6, 6.07) is 18.0. The molecule has 2 amide bonds. The molecular weight excluding hydrogens is 314 g/mol. The van der Waals surface area contributed by atoms with Crippen LogP contribution in [0.3, 0.4) is 0 Å². The van der Waals surface area contributed by atoms with E-state index in [1.807, 2.05) is 67.6 Å². The second-order valence-corrected chi connectivity index (χ2v) is 6.49. The van der Waals surface area contributed by atoms with Crippen molar-refractivity contribution in [2.24, 2.45) is 5.73 Å². The van der Waals surface area contributed by atoms with Crippen molar-refractivity contribution in [3.63, 3.8) is 0 Å². The summed E-state index contributed by atoms with van der Waals surface area (Å²) in [7, 11) is 0. The number of nitrogens with two attached hydrogens (primary N) is 1. The summed E-state index contributed by atoms with van der Waals surface area (Å²) in [6.07, 6.45) is 1.03. The topological polar surface area (TPSA) is 75.4 Å². The Hall–Kier alpha value is -2.66. The van der Waals surface area contributed by atoms with Gasteiger partial charge in [-0.1, -0.05) is 48.5 Å². The molecule has 5 heteroatoms. The van der Waals surface area contributed by atoms with E-state index in [2.05, 4.69) is 5.32 Å². The summed E-state index contributed by atoms with van der Waals surface area (Å²) in [4.78, 5) is 26.8. The standard InChI is InChI=1S/C20H23N3O2/c1-14-12-18(20(25)23(14)16-10-6-3-7-11-16)22-19(24)17(21)13-15-8-4-2-5-9-15/h2-11,14,17-18H,12-13,21H2,1H3,(H,22,24)/t14?,17-,18?/m0/s1. The van der Waals surface area contributed by atoms with E-state index in [9.17, 15) is 9.59 Å². The fourth-order valence-electron chi connectivity index (χ4n) is 3.26. The minimum atomic E-state index is -0.670. The molecule has 1 heterocycles. The molecule has 25 heavy (non-hydrogen) atoms. The zero-order chi connectivity index (χ0) is 17.8. The number of nitrogens with zero attached hydrogens (tertiary/aromatic N) is 1. The average molecular weight is 337 g/mol. The van der Waals surface area contributed by atoms with Crippen LogP contribution in [0.5, 0.6) is 0 Å². The molecule has 2 aromatic carbocycles. The van der Waals surface area contributed by atoms with Gasteiger partial charge in [0.2, 0.25) is 11.8 Å². The maximum atomic E-state index is 12.7. The first-order chi connectivity index (χ1) is 12.1. The molecule has 0 radical (unpaired) electrons. The van der Waals surface area contributed by atoms with Crippen LogP contribution < -0.4 is 16.0 Å². The Balaban J connectivity index is 1.63. The van der Waals surface area contributed by atoms with E-state index in [-0.39, 0.29) is 17.9 Å². The van der Waals surface area contributed by atoms with Gasteiger partial charge in [0.25, 0.3) is 0 Å². The predicted octanol–water partition coefficient (Wildman–Crippen LogP) is 1.87. The molecule has 130 valence electrons. The highest BCUT2D eigenvalue weighted by atomic mass is 16.2. The van der Waals surface area contributed by atoms with E-state index in [0.29, 0.717) is 12.8 Å². The number of benzene rings is 2. The smallest absolute Gasteiger partial charge is 0.249 e. The van der Waals surface area contributed by atoms with Gasteiger partial charge in [-0.3, -0.25) is 9.59 Å². The number of nitrogens with one attached hydrogen (secondary N) is 1. The Bertz CT molecular complexity index is 733. The van der Waals surface area contributed by atoms with Crippen LogP contribution in [0.2, 0.25) is 0 Å². The summed E-state index contributed by atoms with van der Waals surface area (Å²) < 4.78 is 0. The number of carbonyl (C=O) groups excluding carboxylic acids is 2. The molecule has 0 spiro atoms. The summed E-state index contributed by atoms with van der Waals surface area (Å²) in [6.45, 7) is 1.99. The lowest BCUT2D eigenvalue weighted by Crippen LogP contribution is -2.49. The van der Waals surface area contributed by atoms with E-state index >= 15 is 0 Å². The minimum absolute atomic E-state index is 0.0329. The SMILES string of the molecule is CC1CC(NC(=O)[C@@H](N)Cc2ccccc2)C(=O)N1c1ccccc1. The van der Waals surface area contributed by atoms with Gasteiger partial charge in [0, 0.05) is 11.7 Å². The average Bonchev–Trinajstić information content (AvgIpc) is 2.90. The van der Waals surface area contributed by atoms with Crippen LogP contribution in [-0.4, -0.2) is 29.9 Å². The summed E-state index contributed by atoms with van der Waals surface area (Å²) >= 11 is 0. The lowest BCUT2D eigenvalue weighted by atomic mass is 10.1. The minimum Gasteiger partial charge on any atom is -0.343 e. The number of amides is 2. The van der Waals surface area contributed by atoms with Crippen molar-refractivity contribution in [2.75, 3.05) is 4.90 Å². The Labute approximate surface area is 147 Å². The van der Waals surface area contributed by atoms with Gasteiger partial charge in [0.1, 0.15) is 6.04 Å². The highest BCUT2D eigenvalue weighted by molar-refractivity contribution is 6.02. The van der Waals surface area contributed by atoms with Crippen molar-refractivity contribution in [1.29, 1.82) is 0 Å². The molecule has 0 saturated carbocycles. The number of hydrogen-bond donors (Lipinski definition) is 2. The molecule has 1 aliphatic heterocycles. The summed E-state index contributed by atoms with van der Waals surface area (Å²) in [5.74, 6) is -0.372. The fourth-order valence-corrected chi connectivity index (χ4v) is 3.26. The van der Waals surface area contributed by atoms with E-state index < -0.39 is 12.1 Å². The van der Waals surface area contributed by atoms with Crippen LogP contribution in [-0.2, 0) is 16.0 Å². The molecule has 0 bridgehead atoms. The van der Waals surface area contributed by atoms with Gasteiger partial charge in [0.05, 0.1) is 6.04 Å². The monoisotopic (exact) mass is 337 g/mol. The zero-order valence-corrected chi connectivity index (χ0v) is 14.3. The summed E-state index contributed by atoms with van der Waals surface area (Å²) in [5.41, 5.74) is 7.87. The highest BCUT2D eigenvalue weighted by Gasteiger charge is 2.39. The molecular formula is C20H23N3O2. The Morgan fingerprint density at radius 1 is 1.16 bits per heavy atom. The third-order valence-electron chi connectivity index (χ3n) is 4.54. The van der Waals surface area contributed by atoms with Crippen LogP contribution in [0.1, 0.15) is 18.9 Å². The molecule has 1 fully saturated rings. The van der Waals surface area contributed by atoms with Gasteiger partial charge < -0.3 is 16.0 Å². The lowest BCUT2D eigenvalue weighted by molar-refractivity contribution is -0.127. The number of hydrogen-bond acceptors (Lipinski definition) is 3. The third kappa shape index (κ3) is 3.88. The molecule has 3 N–H and O–H groups in total. The number of anilines is 1. The molecule has 1 aliphatic rings. The maximum absolute atomic E-state index is 12.7. The first kappa shape index (κ1) is 17.2. The van der Waals surface area contributed by atoms with Gasteiger partial charge in [-0.15, -0.1) is 0 Å². The van der Waals surface area contributed by atoms with Crippen LogP contribution >= 0.6 is 0 Å². The molecule has 3 atom stereocenters. The van der Waals surface area contributed by atoms with Crippen molar-refractivity contribution in [1.82, 2.24) is 5.32 Å². The Morgan fingerprint density at radius 3 is 2.40 bits per heavy atom. The van der Waals surface area contributed by atoms with Crippen molar-refractivity contribution in [3.8, 4) is 0 Å². The van der Waals surface area contributed by atoms with Gasteiger partial charge in [-0.2, -0.15) is 0 Å². The number of rotatable bonds is 5. The van der Waals surface area contributed by atoms with Gasteiger partial charge in [0.15, 0.2) is 0 Å². The molecule has 5 nitrogen and oxygen atoms in total. The molecule has 2 aromatic rings. The van der Waals surface area contributed by atoms with Gasteiger partial charge in [-0.25, -0.2) is 0 Å². The highest BCUT2D eigenvalue weighted by Crippen LogP contribution is 2.26. The maximum Gasteiger partial charge on any atom is 0.249 e. The number of para-hydroxylation sites is 1. The third-order valence-corrected chi connectivity index (χ3v) is 4.54. The van der Waals surface area contributed by atoms with Crippen LogP contribution in [0.25, 0.3) is 0 Å². The van der Waals surface area contributed by atoms with Crippen molar-refractivity contribution in [3.05, 3.63) is 66.2 Å². The predicted molar refractivity (Wildman–Crippen MR) is 98.1 cm³/mol. The number of carbonyl (C=O) groups is 2. The molecule has 0 aromatic heterocycles. The van der Waals surface area contributed by atoms with Gasteiger partial charge in [-0.05, 0) is 37.5 Å². The van der Waals surface area contributed by atoms with Crippen LogP contribution in [0.15, 0.2) is 60.7 Å². The van der Waals surface area contributed by atoms with Crippen molar-refractivity contribution >= 4 is 17.5 Å². The van der Waals surface area contributed by atoms with Crippen molar-refractivity contribution < 1.29 is 9.59 Å². The first-order valence-corrected chi connectivity index (χ1v) is 8.54. The first-order valence-electron chi connectivity index (χ1n) is 8.54. The van der Waals surface area contributed by atoms with E-state index in [1.165, 1.54) is 0 Å². The van der Waals surface area contributed by atoms with Crippen molar-refractivity contribution in [2.45, 2.75) is 37.9 Å². The fraction of sp³-hybridized carbons (Fsp3) is 0.300. The Morgan fingerprint density at radius 2 is 1.76 bits per heavy atom. The van der Waals surface area contributed by atoms with E-state index in [4.69, 9.17) is 5.73 Å². The second-order valence-electron chi connectivity index (χ2n) is 6.49. The second kappa shape index (κ2) is 7.49. The van der Waals surface area contributed by atoms with Gasteiger partial charge >= 0.3 is 0 Å². The Kier molecular flexibility index (Phi) is 5.14. The summed E-state index contributed by atoms with van der Waals surface area (Å²) in [5, 5.41) is 2.82. The van der Waals surface area contributed by atoms with E-state index in [0.717, 1.165) is 11.3 Å². The van der Waals surface area contributed by atoms with Crippen LogP contribution in [0.4, 0.5) is 5.69 Å². The zero-order valence-electron chi connectivity index (χ0n) is 14.3. The largest absolute Gasteiger partial charge is 0.343 e. The molecule has 2 unspecified atom stereocenters. The van der Waals surface area contributed by atoms with E-state index in [1.54, 1.807) is 4.90 Å². The normalized spacial score (nSPS) is 21.2. The molecule has 0 aliphatic carbocycles. The quantitative estimate of drug-likeness (QED) is 0.874.